The van der Waals surface area contributed by atoms with Gasteiger partial charge >= 0.3 is 0 Å². The van der Waals surface area contributed by atoms with E-state index in [2.05, 4.69) is 25.6 Å². The minimum absolute atomic E-state index is 0.0247. The number of benzene rings is 1. The standard InChI is InChI=1S/C13H12BrClN2O2S/c14-8-4-5-10-11(6-8)16-7-12(13(10)15)20(18,19)17-9-2-1-3-9/h4-7,9,17H,1-3H2. The van der Waals surface area contributed by atoms with Gasteiger partial charge in [-0.2, -0.15) is 0 Å². The molecule has 0 radical (unpaired) electrons. The van der Waals surface area contributed by atoms with Crippen molar-refractivity contribution in [3.05, 3.63) is 33.9 Å². The van der Waals surface area contributed by atoms with Crippen LogP contribution in [0.4, 0.5) is 0 Å². The third kappa shape index (κ3) is 2.57. The summed E-state index contributed by atoms with van der Waals surface area (Å²) in [7, 11) is -3.61. The van der Waals surface area contributed by atoms with Crippen molar-refractivity contribution in [1.29, 1.82) is 0 Å². The van der Waals surface area contributed by atoms with Crippen LogP contribution in [-0.2, 0) is 10.0 Å². The molecule has 1 aliphatic carbocycles. The van der Waals surface area contributed by atoms with Crippen LogP contribution < -0.4 is 4.72 Å². The molecule has 4 nitrogen and oxygen atoms in total. The van der Waals surface area contributed by atoms with Gasteiger partial charge in [0.15, 0.2) is 0 Å². The lowest BCUT2D eigenvalue weighted by molar-refractivity contribution is 0.383. The van der Waals surface area contributed by atoms with E-state index in [4.69, 9.17) is 11.6 Å². The molecular formula is C13H12BrClN2O2S. The first-order valence-corrected chi connectivity index (χ1v) is 8.89. The summed E-state index contributed by atoms with van der Waals surface area (Å²) in [5.74, 6) is 0. The molecule has 0 atom stereocenters. The first kappa shape index (κ1) is 14.3. The van der Waals surface area contributed by atoms with Crippen LogP contribution in [0.15, 0.2) is 33.8 Å². The molecule has 7 heteroatoms. The summed E-state index contributed by atoms with van der Waals surface area (Å²) < 4.78 is 28.2. The van der Waals surface area contributed by atoms with Gasteiger partial charge in [0, 0.05) is 22.1 Å². The topological polar surface area (TPSA) is 59.1 Å². The van der Waals surface area contributed by atoms with Gasteiger partial charge < -0.3 is 0 Å². The highest BCUT2D eigenvalue weighted by Crippen LogP contribution is 2.31. The number of hydrogen-bond donors (Lipinski definition) is 1. The maximum Gasteiger partial charge on any atom is 0.243 e. The van der Waals surface area contributed by atoms with Gasteiger partial charge in [0.1, 0.15) is 4.90 Å². The zero-order valence-corrected chi connectivity index (χ0v) is 13.6. The van der Waals surface area contributed by atoms with Crippen LogP contribution in [0.3, 0.4) is 0 Å². The molecule has 1 aromatic heterocycles. The fraction of sp³-hybridized carbons (Fsp3) is 0.308. The minimum atomic E-state index is -3.61. The Hall–Kier alpha value is -0.690. The summed E-state index contributed by atoms with van der Waals surface area (Å²) in [5.41, 5.74) is 0.659. The SMILES string of the molecule is O=S(=O)(NC1CCC1)c1cnc2cc(Br)ccc2c1Cl. The monoisotopic (exact) mass is 374 g/mol. The van der Waals surface area contributed by atoms with Gasteiger partial charge in [0.05, 0.1) is 10.5 Å². The van der Waals surface area contributed by atoms with E-state index >= 15 is 0 Å². The highest BCUT2D eigenvalue weighted by atomic mass is 79.9. The maximum atomic E-state index is 12.3. The van der Waals surface area contributed by atoms with E-state index in [1.807, 2.05) is 6.07 Å². The van der Waals surface area contributed by atoms with Gasteiger partial charge in [0.2, 0.25) is 10.0 Å². The Morgan fingerprint density at radius 3 is 2.75 bits per heavy atom. The molecule has 1 aliphatic rings. The highest BCUT2D eigenvalue weighted by molar-refractivity contribution is 9.10. The smallest absolute Gasteiger partial charge is 0.243 e. The lowest BCUT2D eigenvalue weighted by atomic mass is 9.94. The van der Waals surface area contributed by atoms with E-state index in [1.54, 1.807) is 12.1 Å². The molecule has 0 spiro atoms. The molecule has 0 unspecified atom stereocenters. The fourth-order valence-corrected chi connectivity index (χ4v) is 4.31. The van der Waals surface area contributed by atoms with Gasteiger partial charge in [-0.05, 0) is 25.0 Å². The average Bonchev–Trinajstić information content (AvgIpc) is 2.34. The number of fused-ring (bicyclic) bond motifs is 1. The van der Waals surface area contributed by atoms with Crippen molar-refractivity contribution in [2.45, 2.75) is 30.2 Å². The summed E-state index contributed by atoms with van der Waals surface area (Å²) >= 11 is 9.60. The molecule has 20 heavy (non-hydrogen) atoms. The molecule has 3 rings (SSSR count). The molecule has 0 saturated heterocycles. The number of nitrogens with one attached hydrogen (secondary N) is 1. The molecule has 1 heterocycles. The van der Waals surface area contributed by atoms with Gasteiger partial charge in [-0.1, -0.05) is 40.0 Å². The largest absolute Gasteiger partial charge is 0.255 e. The predicted molar refractivity (Wildman–Crippen MR) is 82.4 cm³/mol. The molecule has 0 aliphatic heterocycles. The summed E-state index contributed by atoms with van der Waals surface area (Å²) in [6.07, 6.45) is 4.14. The fourth-order valence-electron chi connectivity index (χ4n) is 2.11. The quantitative estimate of drug-likeness (QED) is 0.893. The summed E-state index contributed by atoms with van der Waals surface area (Å²) in [5, 5.41) is 0.848. The number of hydrogen-bond acceptors (Lipinski definition) is 3. The van der Waals surface area contributed by atoms with Crippen molar-refractivity contribution in [2.24, 2.45) is 0 Å². The third-order valence-corrected chi connectivity index (χ3v) is 5.99. The number of aromatic nitrogens is 1. The lowest BCUT2D eigenvalue weighted by Crippen LogP contribution is -2.39. The number of nitrogens with zero attached hydrogens (tertiary/aromatic N) is 1. The van der Waals surface area contributed by atoms with E-state index in [0.717, 1.165) is 23.7 Å². The van der Waals surface area contributed by atoms with Crippen molar-refractivity contribution >= 4 is 48.5 Å². The number of rotatable bonds is 3. The van der Waals surface area contributed by atoms with E-state index < -0.39 is 10.0 Å². The Labute approximate surface area is 130 Å². The van der Waals surface area contributed by atoms with Crippen LogP contribution in [0, 0.1) is 0 Å². The van der Waals surface area contributed by atoms with Crippen LogP contribution in [-0.4, -0.2) is 19.4 Å². The first-order valence-electron chi connectivity index (χ1n) is 6.23. The number of halogens is 2. The summed E-state index contributed by atoms with van der Waals surface area (Å²) in [4.78, 5) is 4.23. The van der Waals surface area contributed by atoms with E-state index in [1.165, 1.54) is 6.20 Å². The maximum absolute atomic E-state index is 12.3. The zero-order valence-electron chi connectivity index (χ0n) is 10.4. The third-order valence-electron chi connectivity index (χ3n) is 3.45. The van der Waals surface area contributed by atoms with Crippen LogP contribution in [0.5, 0.6) is 0 Å². The van der Waals surface area contributed by atoms with Crippen molar-refractivity contribution in [1.82, 2.24) is 9.71 Å². The molecule has 1 aromatic carbocycles. The molecule has 2 aromatic rings. The zero-order chi connectivity index (χ0) is 14.3. The van der Waals surface area contributed by atoms with Gasteiger partial charge in [-0.15, -0.1) is 0 Å². The lowest BCUT2D eigenvalue weighted by Gasteiger charge is -2.26. The Morgan fingerprint density at radius 1 is 1.35 bits per heavy atom. The van der Waals surface area contributed by atoms with Crippen LogP contribution in [0.1, 0.15) is 19.3 Å². The molecule has 1 N–H and O–H groups in total. The minimum Gasteiger partial charge on any atom is -0.255 e. The second-order valence-electron chi connectivity index (χ2n) is 4.85. The van der Waals surface area contributed by atoms with Crippen LogP contribution in [0.2, 0.25) is 5.02 Å². The number of sulfonamides is 1. The van der Waals surface area contributed by atoms with Crippen molar-refractivity contribution < 1.29 is 8.42 Å². The molecular weight excluding hydrogens is 364 g/mol. The van der Waals surface area contributed by atoms with Crippen molar-refractivity contribution in [3.8, 4) is 0 Å². The Kier molecular flexibility index (Phi) is 3.75. The molecule has 1 fully saturated rings. The summed E-state index contributed by atoms with van der Waals surface area (Å²) in [6.45, 7) is 0. The van der Waals surface area contributed by atoms with Gasteiger partial charge in [0.25, 0.3) is 0 Å². The Bertz CT molecular complexity index is 775. The second kappa shape index (κ2) is 5.26. The normalized spacial score (nSPS) is 16.3. The van der Waals surface area contributed by atoms with E-state index in [9.17, 15) is 8.42 Å². The Morgan fingerprint density at radius 2 is 2.10 bits per heavy atom. The summed E-state index contributed by atoms with van der Waals surface area (Å²) in [6, 6.07) is 5.40. The second-order valence-corrected chi connectivity index (χ2v) is 7.82. The van der Waals surface area contributed by atoms with Gasteiger partial charge in [-0.3, -0.25) is 4.98 Å². The van der Waals surface area contributed by atoms with E-state index in [0.29, 0.717) is 10.9 Å². The average molecular weight is 376 g/mol. The number of pyridine rings is 1. The molecule has 0 bridgehead atoms. The van der Waals surface area contributed by atoms with Gasteiger partial charge in [-0.25, -0.2) is 13.1 Å². The molecule has 1 saturated carbocycles. The highest BCUT2D eigenvalue weighted by Gasteiger charge is 2.27. The predicted octanol–water partition coefficient (Wildman–Crippen LogP) is 3.48. The Balaban J connectivity index is 2.07. The van der Waals surface area contributed by atoms with Crippen LogP contribution >= 0.6 is 27.5 Å². The first-order chi connectivity index (χ1) is 9.47. The van der Waals surface area contributed by atoms with E-state index in [-0.39, 0.29) is 16.0 Å². The van der Waals surface area contributed by atoms with Crippen molar-refractivity contribution in [3.63, 3.8) is 0 Å². The molecule has 106 valence electrons. The molecule has 0 amide bonds. The van der Waals surface area contributed by atoms with Crippen LogP contribution in [0.25, 0.3) is 10.9 Å². The van der Waals surface area contributed by atoms with Crippen molar-refractivity contribution in [2.75, 3.05) is 0 Å².